The highest BCUT2D eigenvalue weighted by molar-refractivity contribution is 6.01. The van der Waals surface area contributed by atoms with Gasteiger partial charge in [0.15, 0.2) is 0 Å². The Labute approximate surface area is 139 Å². The largest absolute Gasteiger partial charge is 0.496 e. The van der Waals surface area contributed by atoms with Crippen LogP contribution < -0.4 is 15.4 Å². The van der Waals surface area contributed by atoms with E-state index < -0.39 is 0 Å². The Kier molecular flexibility index (Phi) is 4.60. The van der Waals surface area contributed by atoms with Gasteiger partial charge >= 0.3 is 6.03 Å². The number of pyridine rings is 1. The number of ether oxygens (including phenoxy) is 1. The van der Waals surface area contributed by atoms with E-state index in [-0.39, 0.29) is 6.03 Å². The van der Waals surface area contributed by atoms with Crippen molar-refractivity contribution in [1.29, 1.82) is 0 Å². The van der Waals surface area contributed by atoms with E-state index in [0.29, 0.717) is 24.2 Å². The number of aryl methyl sites for hydroxylation is 1. The highest BCUT2D eigenvalue weighted by Crippen LogP contribution is 2.28. The van der Waals surface area contributed by atoms with Gasteiger partial charge in [-0.15, -0.1) is 0 Å². The highest BCUT2D eigenvalue weighted by Gasteiger charge is 2.09. The van der Waals surface area contributed by atoms with Gasteiger partial charge in [-0.25, -0.2) is 4.79 Å². The van der Waals surface area contributed by atoms with E-state index in [4.69, 9.17) is 4.74 Å². The number of hydrogen-bond acceptors (Lipinski definition) is 4. The fourth-order valence-electron chi connectivity index (χ4n) is 2.55. The number of aromatic nitrogens is 3. The average molecular weight is 325 g/mol. The normalized spacial score (nSPS) is 10.6. The Balaban J connectivity index is 1.66. The molecule has 124 valence electrons. The van der Waals surface area contributed by atoms with Crippen molar-refractivity contribution in [3.8, 4) is 5.75 Å². The van der Waals surface area contributed by atoms with Crippen molar-refractivity contribution in [1.82, 2.24) is 20.1 Å². The summed E-state index contributed by atoms with van der Waals surface area (Å²) in [5, 5.41) is 10.6. The first-order valence-corrected chi connectivity index (χ1v) is 7.62. The van der Waals surface area contributed by atoms with Crippen LogP contribution >= 0.6 is 0 Å². The molecule has 3 rings (SSSR count). The Bertz CT molecular complexity index is 859. The molecule has 0 fully saturated rings. The Morgan fingerprint density at radius 2 is 2.12 bits per heavy atom. The molecule has 2 heterocycles. The van der Waals surface area contributed by atoms with Crippen LogP contribution in [0.25, 0.3) is 10.9 Å². The molecule has 24 heavy (non-hydrogen) atoms. The Hall–Kier alpha value is -3.09. The van der Waals surface area contributed by atoms with Crippen molar-refractivity contribution in [2.24, 2.45) is 7.05 Å². The van der Waals surface area contributed by atoms with Crippen molar-refractivity contribution >= 4 is 22.6 Å². The molecule has 0 aliphatic heterocycles. The van der Waals surface area contributed by atoms with Crippen LogP contribution in [0.2, 0.25) is 0 Å². The fraction of sp³-hybridized carbons (Fsp3) is 0.235. The van der Waals surface area contributed by atoms with Gasteiger partial charge in [0.25, 0.3) is 0 Å². The van der Waals surface area contributed by atoms with Crippen LogP contribution in [-0.2, 0) is 13.5 Å². The minimum absolute atomic E-state index is 0.269. The lowest BCUT2D eigenvalue weighted by atomic mass is 10.2. The van der Waals surface area contributed by atoms with Crippen LogP contribution in [0.5, 0.6) is 5.75 Å². The second-order valence-corrected chi connectivity index (χ2v) is 5.29. The molecule has 0 saturated heterocycles. The van der Waals surface area contributed by atoms with Gasteiger partial charge in [0.1, 0.15) is 5.75 Å². The van der Waals surface area contributed by atoms with E-state index in [1.54, 1.807) is 30.3 Å². The van der Waals surface area contributed by atoms with Crippen molar-refractivity contribution in [2.75, 3.05) is 19.0 Å². The number of carbonyl (C=O) groups excluding carboxylic acids is 1. The second-order valence-electron chi connectivity index (χ2n) is 5.29. The Morgan fingerprint density at radius 1 is 1.25 bits per heavy atom. The molecule has 0 aliphatic carbocycles. The number of benzene rings is 1. The lowest BCUT2D eigenvalue weighted by Crippen LogP contribution is -2.30. The monoisotopic (exact) mass is 325 g/mol. The van der Waals surface area contributed by atoms with Gasteiger partial charge in [0, 0.05) is 43.5 Å². The summed E-state index contributed by atoms with van der Waals surface area (Å²) in [7, 11) is 3.49. The second kappa shape index (κ2) is 6.99. The molecule has 0 atom stereocenters. The molecule has 3 aromatic rings. The summed E-state index contributed by atoms with van der Waals surface area (Å²) in [5.41, 5.74) is 2.40. The third-order valence-corrected chi connectivity index (χ3v) is 3.79. The van der Waals surface area contributed by atoms with Gasteiger partial charge in [0.05, 0.1) is 18.3 Å². The van der Waals surface area contributed by atoms with E-state index in [9.17, 15) is 4.79 Å². The maximum absolute atomic E-state index is 12.1. The number of nitrogens with zero attached hydrogens (tertiary/aromatic N) is 3. The quantitative estimate of drug-likeness (QED) is 0.754. The lowest BCUT2D eigenvalue weighted by molar-refractivity contribution is 0.252. The van der Waals surface area contributed by atoms with E-state index in [2.05, 4.69) is 20.7 Å². The predicted molar refractivity (Wildman–Crippen MR) is 92.2 cm³/mol. The van der Waals surface area contributed by atoms with E-state index in [1.165, 1.54) is 0 Å². The number of amides is 2. The first kappa shape index (κ1) is 15.8. The predicted octanol–water partition coefficient (Wildman–Crippen LogP) is 2.34. The standard InChI is InChI=1S/C17H19N5O2/c1-22-12(7-11-20-22)6-9-19-17(23)21-14-5-3-4-13-15(24-2)8-10-18-16(13)14/h3-5,7-8,10-11H,6,9H2,1-2H3,(H2,19,21,23). The molecule has 0 radical (unpaired) electrons. The summed E-state index contributed by atoms with van der Waals surface area (Å²) in [4.78, 5) is 16.5. The zero-order valence-electron chi connectivity index (χ0n) is 13.6. The van der Waals surface area contributed by atoms with Crippen LogP contribution in [0, 0.1) is 0 Å². The topological polar surface area (TPSA) is 81.1 Å². The molecule has 0 unspecified atom stereocenters. The molecule has 0 bridgehead atoms. The summed E-state index contributed by atoms with van der Waals surface area (Å²) in [6.07, 6.45) is 4.11. The van der Waals surface area contributed by atoms with Crippen molar-refractivity contribution < 1.29 is 9.53 Å². The molecule has 2 amide bonds. The minimum atomic E-state index is -0.269. The molecule has 0 saturated carbocycles. The van der Waals surface area contributed by atoms with Crippen LogP contribution in [0.1, 0.15) is 5.69 Å². The Morgan fingerprint density at radius 3 is 2.88 bits per heavy atom. The number of fused-ring (bicyclic) bond motifs is 1. The number of carbonyl (C=O) groups is 1. The van der Waals surface area contributed by atoms with Gasteiger partial charge < -0.3 is 15.4 Å². The number of para-hydroxylation sites is 1. The number of rotatable bonds is 5. The number of hydrogen-bond donors (Lipinski definition) is 2. The van der Waals surface area contributed by atoms with Crippen LogP contribution in [0.15, 0.2) is 42.7 Å². The van der Waals surface area contributed by atoms with Crippen molar-refractivity contribution in [3.63, 3.8) is 0 Å². The van der Waals surface area contributed by atoms with Crippen LogP contribution in [-0.4, -0.2) is 34.5 Å². The van der Waals surface area contributed by atoms with Gasteiger partial charge in [-0.05, 0) is 24.3 Å². The summed E-state index contributed by atoms with van der Waals surface area (Å²) < 4.78 is 7.12. The molecule has 2 N–H and O–H groups in total. The lowest BCUT2D eigenvalue weighted by Gasteiger charge is -2.11. The first-order chi connectivity index (χ1) is 11.7. The van der Waals surface area contributed by atoms with Gasteiger partial charge in [-0.3, -0.25) is 9.67 Å². The van der Waals surface area contributed by atoms with E-state index in [0.717, 1.165) is 16.8 Å². The zero-order valence-corrected chi connectivity index (χ0v) is 13.6. The molecular weight excluding hydrogens is 306 g/mol. The van der Waals surface area contributed by atoms with Crippen molar-refractivity contribution in [2.45, 2.75) is 6.42 Å². The van der Waals surface area contributed by atoms with E-state index >= 15 is 0 Å². The number of methoxy groups -OCH3 is 1. The molecule has 0 aliphatic rings. The number of nitrogens with one attached hydrogen (secondary N) is 2. The molecule has 1 aromatic carbocycles. The zero-order chi connectivity index (χ0) is 16.9. The smallest absolute Gasteiger partial charge is 0.319 e. The maximum atomic E-state index is 12.1. The van der Waals surface area contributed by atoms with Crippen LogP contribution in [0.4, 0.5) is 10.5 Å². The molecule has 2 aromatic heterocycles. The van der Waals surface area contributed by atoms with Gasteiger partial charge in [-0.1, -0.05) is 6.07 Å². The minimum Gasteiger partial charge on any atom is -0.496 e. The third kappa shape index (κ3) is 3.29. The maximum Gasteiger partial charge on any atom is 0.319 e. The first-order valence-electron chi connectivity index (χ1n) is 7.62. The number of urea groups is 1. The van der Waals surface area contributed by atoms with Crippen molar-refractivity contribution in [3.05, 3.63) is 48.4 Å². The van der Waals surface area contributed by atoms with Gasteiger partial charge in [0.2, 0.25) is 0 Å². The van der Waals surface area contributed by atoms with Gasteiger partial charge in [-0.2, -0.15) is 5.10 Å². The average Bonchev–Trinajstić information content (AvgIpc) is 3.00. The van der Waals surface area contributed by atoms with E-state index in [1.807, 2.05) is 31.3 Å². The highest BCUT2D eigenvalue weighted by atomic mass is 16.5. The third-order valence-electron chi connectivity index (χ3n) is 3.79. The summed E-state index contributed by atoms with van der Waals surface area (Å²) in [5.74, 6) is 0.722. The summed E-state index contributed by atoms with van der Waals surface area (Å²) in [6.45, 7) is 0.521. The SMILES string of the molecule is COc1ccnc2c(NC(=O)NCCc3ccnn3C)cccc12. The molecule has 7 nitrogen and oxygen atoms in total. The fourth-order valence-corrected chi connectivity index (χ4v) is 2.55. The number of anilines is 1. The summed E-state index contributed by atoms with van der Waals surface area (Å²) >= 11 is 0. The summed E-state index contributed by atoms with van der Waals surface area (Å²) in [6, 6.07) is 9.04. The molecule has 0 spiro atoms. The molecule has 7 heteroatoms. The van der Waals surface area contributed by atoms with Crippen LogP contribution in [0.3, 0.4) is 0 Å². The molecular formula is C17H19N5O2.